The standard InChI is InChI=1S/C15H15FN4O2.C9H7FO2.C7H10N4.CH4.H2/c1-9(21)14-5-10(16)3-4-13(14)15(22)18-8-11-6-12(7-17)20(2)19-11;1-5-8-4-6(10)2-3-7(8)9(11)12-5;1-8-5-6-4-7(9-2)11(3)10-6;;/h3-6,9,21H,8H2,1-2H3,(H,18,22);2-5H,1H3;4,8H,5H2,1,3H3;1H4;1H/t9-;5-;;;/m00.../s1/i;;3D3;;. The second-order valence-electron chi connectivity index (χ2n) is 9.67. The summed E-state index contributed by atoms with van der Waals surface area (Å²) in [5, 5.41) is 31.9. The number of carbonyl (C=O) groups excluding carboxylic acids is 2. The predicted molar refractivity (Wildman–Crippen MR) is 167 cm³/mol. The predicted octanol–water partition coefficient (Wildman–Crippen LogP) is 5.04. The number of rotatable bonds is 6. The highest BCUT2D eigenvalue weighted by atomic mass is 19.1. The lowest BCUT2D eigenvalue weighted by atomic mass is 10.0. The molecule has 2 aromatic heterocycles. The van der Waals surface area contributed by atoms with Crippen LogP contribution in [0.5, 0.6) is 0 Å². The van der Waals surface area contributed by atoms with Crippen LogP contribution in [0.25, 0.3) is 4.85 Å². The van der Waals surface area contributed by atoms with Gasteiger partial charge in [0.05, 0.1) is 40.7 Å². The number of hydrogen-bond donors (Lipinski definition) is 3. The Balaban J connectivity index is 0.000000388. The molecule has 0 spiro atoms. The Morgan fingerprint density at radius 3 is 2.43 bits per heavy atom. The first-order chi connectivity index (χ1) is 22.6. The average Bonchev–Trinajstić information content (AvgIpc) is 3.70. The van der Waals surface area contributed by atoms with E-state index in [0.717, 1.165) is 16.8 Å². The summed E-state index contributed by atoms with van der Waals surface area (Å²) >= 11 is 0. The first-order valence-corrected chi connectivity index (χ1v) is 13.4. The molecule has 4 aromatic rings. The zero-order chi connectivity index (χ0) is 35.8. The van der Waals surface area contributed by atoms with E-state index >= 15 is 0 Å². The third kappa shape index (κ3) is 9.28. The summed E-state index contributed by atoms with van der Waals surface area (Å²) in [5.74, 6) is -1.62. The van der Waals surface area contributed by atoms with E-state index in [0.29, 0.717) is 34.8 Å². The number of aliphatic hydroxyl groups excluding tert-OH is 1. The van der Waals surface area contributed by atoms with Gasteiger partial charge in [-0.15, -0.1) is 5.10 Å². The quantitative estimate of drug-likeness (QED) is 0.196. The van der Waals surface area contributed by atoms with E-state index in [1.54, 1.807) is 27.1 Å². The molecule has 244 valence electrons. The fourth-order valence-electron chi connectivity index (χ4n) is 4.18. The van der Waals surface area contributed by atoms with E-state index < -0.39 is 24.8 Å². The van der Waals surface area contributed by atoms with Crippen molar-refractivity contribution in [1.29, 1.82) is 5.26 Å². The minimum absolute atomic E-state index is 0. The Bertz CT molecular complexity index is 1880. The number of amides is 1. The summed E-state index contributed by atoms with van der Waals surface area (Å²) in [7, 11) is 3.36. The Morgan fingerprint density at radius 1 is 1.20 bits per heavy atom. The number of carbonyl (C=O) groups is 2. The van der Waals surface area contributed by atoms with E-state index in [2.05, 4.69) is 25.7 Å². The summed E-state index contributed by atoms with van der Waals surface area (Å²) in [6.07, 6.45) is -1.28. The molecule has 0 saturated carbocycles. The van der Waals surface area contributed by atoms with E-state index in [-0.39, 0.29) is 50.2 Å². The lowest BCUT2D eigenvalue weighted by molar-refractivity contribution is 0.0421. The van der Waals surface area contributed by atoms with Crippen molar-refractivity contribution < 1.29 is 33.8 Å². The van der Waals surface area contributed by atoms with Crippen LogP contribution in [0.2, 0.25) is 0 Å². The lowest BCUT2D eigenvalue weighted by Crippen LogP contribution is -2.24. The summed E-state index contributed by atoms with van der Waals surface area (Å²) in [4.78, 5) is 26.3. The zero-order valence-corrected chi connectivity index (χ0v) is 24.8. The molecule has 3 heterocycles. The number of ether oxygens (including phenoxy) is 1. The second-order valence-corrected chi connectivity index (χ2v) is 9.67. The van der Waals surface area contributed by atoms with Gasteiger partial charge in [0.2, 0.25) is 0 Å². The summed E-state index contributed by atoms with van der Waals surface area (Å²) < 4.78 is 54.4. The number of aryl methyl sites for hydroxylation is 2. The molecule has 14 heteroatoms. The minimum Gasteiger partial charge on any atom is -0.454 e. The van der Waals surface area contributed by atoms with Gasteiger partial charge in [-0.05, 0) is 75.0 Å². The Kier molecular flexibility index (Phi) is 11.5. The van der Waals surface area contributed by atoms with Crippen molar-refractivity contribution in [2.24, 2.45) is 14.0 Å². The topological polar surface area (TPSA) is 151 Å². The van der Waals surface area contributed by atoms with Crippen molar-refractivity contribution in [2.75, 3.05) is 7.05 Å². The van der Waals surface area contributed by atoms with Crippen LogP contribution >= 0.6 is 0 Å². The van der Waals surface area contributed by atoms with Crippen LogP contribution in [0.1, 0.15) is 87.9 Å². The van der Waals surface area contributed by atoms with Gasteiger partial charge in [0.25, 0.3) is 11.7 Å². The van der Waals surface area contributed by atoms with Gasteiger partial charge in [-0.3, -0.25) is 9.48 Å². The van der Waals surface area contributed by atoms with Crippen molar-refractivity contribution in [1.82, 2.24) is 30.2 Å². The van der Waals surface area contributed by atoms with Crippen molar-refractivity contribution >= 4 is 17.7 Å². The highest BCUT2D eigenvalue weighted by molar-refractivity contribution is 5.95. The van der Waals surface area contributed by atoms with Gasteiger partial charge in [0.15, 0.2) is 0 Å². The number of nitrogens with zero attached hydrogens (tertiary/aromatic N) is 6. The molecule has 2 atom stereocenters. The van der Waals surface area contributed by atoms with Gasteiger partial charge >= 0.3 is 5.97 Å². The average molecular weight is 640 g/mol. The molecule has 0 aliphatic carbocycles. The second kappa shape index (κ2) is 16.6. The van der Waals surface area contributed by atoms with Crippen molar-refractivity contribution in [3.63, 3.8) is 0 Å². The highest BCUT2D eigenvalue weighted by Gasteiger charge is 2.27. The molecule has 5 rings (SSSR count). The Labute approximate surface area is 271 Å². The van der Waals surface area contributed by atoms with Gasteiger partial charge in [-0.2, -0.15) is 10.4 Å². The van der Waals surface area contributed by atoms with Crippen LogP contribution in [-0.4, -0.2) is 43.6 Å². The highest BCUT2D eigenvalue weighted by Crippen LogP contribution is 2.30. The molecule has 46 heavy (non-hydrogen) atoms. The normalized spacial score (nSPS) is 14.5. The largest absolute Gasteiger partial charge is 0.454 e. The van der Waals surface area contributed by atoms with E-state index in [9.17, 15) is 23.5 Å². The number of nitrogens with one attached hydrogen (secondary N) is 2. The van der Waals surface area contributed by atoms with Gasteiger partial charge in [0.1, 0.15) is 29.5 Å². The number of esters is 1. The summed E-state index contributed by atoms with van der Waals surface area (Å²) in [6, 6.07) is 12.7. The monoisotopic (exact) mass is 639 g/mol. The molecule has 0 radical (unpaired) electrons. The molecule has 0 bridgehead atoms. The van der Waals surface area contributed by atoms with Crippen LogP contribution in [-0.2, 0) is 31.8 Å². The number of halogens is 2. The zero-order valence-electron chi connectivity index (χ0n) is 27.8. The first kappa shape index (κ1) is 32.0. The van der Waals surface area contributed by atoms with Crippen LogP contribution < -0.4 is 10.6 Å². The minimum atomic E-state index is -2.38. The maximum atomic E-state index is 13.2. The maximum Gasteiger partial charge on any atom is 0.339 e. The third-order valence-electron chi connectivity index (χ3n) is 6.35. The van der Waals surface area contributed by atoms with Gasteiger partial charge in [-0.1, -0.05) is 14.0 Å². The van der Waals surface area contributed by atoms with Crippen LogP contribution in [0, 0.1) is 29.5 Å². The van der Waals surface area contributed by atoms with Crippen molar-refractivity contribution in [3.8, 4) is 6.07 Å². The van der Waals surface area contributed by atoms with Gasteiger partial charge in [0, 0.05) is 26.1 Å². The fraction of sp³-hybridized carbons (Fsp3) is 0.312. The molecule has 3 N–H and O–H groups in total. The summed E-state index contributed by atoms with van der Waals surface area (Å²) in [6.45, 7) is 8.19. The third-order valence-corrected chi connectivity index (χ3v) is 6.35. The summed E-state index contributed by atoms with van der Waals surface area (Å²) in [5.41, 5.74) is 3.01. The van der Waals surface area contributed by atoms with Gasteiger partial charge in [-0.25, -0.2) is 18.3 Å². The molecular formula is C32H38F2N8O4. The number of benzene rings is 2. The molecule has 0 fully saturated rings. The molecule has 1 amide bonds. The van der Waals surface area contributed by atoms with Crippen LogP contribution in [0.3, 0.4) is 0 Å². The molecule has 1 aliphatic rings. The molecular weight excluding hydrogens is 598 g/mol. The van der Waals surface area contributed by atoms with E-state index in [4.69, 9.17) is 20.7 Å². The van der Waals surface area contributed by atoms with Crippen LogP contribution in [0.4, 0.5) is 14.6 Å². The molecule has 0 saturated heterocycles. The molecule has 12 nitrogen and oxygen atoms in total. The number of cyclic esters (lactones) is 1. The van der Waals surface area contributed by atoms with Crippen LogP contribution in [0.15, 0.2) is 48.5 Å². The van der Waals surface area contributed by atoms with E-state index in [1.807, 2.05) is 6.07 Å². The smallest absolute Gasteiger partial charge is 0.339 e. The van der Waals surface area contributed by atoms with E-state index in [1.165, 1.54) is 41.9 Å². The van der Waals surface area contributed by atoms with Crippen molar-refractivity contribution in [3.05, 3.63) is 111 Å². The Hall–Kier alpha value is -5.44. The number of hydrogen-bond acceptors (Lipinski definition) is 8. The number of aromatic nitrogens is 4. The SMILES string of the molecule is C.C[C@@H]1OC(=O)c2ccc(F)cc21.C[C@H](O)c1cc(F)ccc1C(=O)NCc1cc(C#N)n(C)n1.[2H]C([2H])([2H])n1nc(CNC)cc1[N+]#[C-].[HH]. The maximum absolute atomic E-state index is 13.2. The number of nitriles is 1. The molecule has 2 aromatic carbocycles. The van der Waals surface area contributed by atoms with Crippen molar-refractivity contribution in [2.45, 2.75) is 46.6 Å². The number of aliphatic hydroxyl groups is 1. The molecule has 1 aliphatic heterocycles. The fourth-order valence-corrected chi connectivity index (χ4v) is 4.18. The number of fused-ring (bicyclic) bond motifs is 1. The Morgan fingerprint density at radius 2 is 1.85 bits per heavy atom. The van der Waals surface area contributed by atoms with Gasteiger partial charge < -0.3 is 25.3 Å². The lowest BCUT2D eigenvalue weighted by Gasteiger charge is -2.12. The molecule has 0 unspecified atom stereocenters. The first-order valence-electron chi connectivity index (χ1n) is 14.9.